The molecule has 7 heteroatoms. The van der Waals surface area contributed by atoms with Crippen molar-refractivity contribution in [2.24, 2.45) is 0 Å². The molecule has 1 aliphatic rings. The number of methoxy groups -OCH3 is 2. The molecular formula is C23H24ClNO5. The number of rotatable bonds is 6. The molecule has 1 atom stereocenters. The number of halogens is 1. The Morgan fingerprint density at radius 3 is 2.70 bits per heavy atom. The summed E-state index contributed by atoms with van der Waals surface area (Å²) in [5, 5.41) is 0.359. The molecule has 3 rings (SSSR count). The van der Waals surface area contributed by atoms with E-state index in [-0.39, 0.29) is 18.6 Å². The zero-order chi connectivity index (χ0) is 21.7. The molecule has 1 amide bonds. The van der Waals surface area contributed by atoms with Gasteiger partial charge in [-0.2, -0.15) is 0 Å². The third-order valence-corrected chi connectivity index (χ3v) is 5.28. The second-order valence-electron chi connectivity index (χ2n) is 6.96. The van der Waals surface area contributed by atoms with Crippen molar-refractivity contribution >= 4 is 35.2 Å². The maximum absolute atomic E-state index is 12.7. The van der Waals surface area contributed by atoms with Crippen LogP contribution in [0.2, 0.25) is 5.02 Å². The molecule has 30 heavy (non-hydrogen) atoms. The Balaban J connectivity index is 1.64. The van der Waals surface area contributed by atoms with Gasteiger partial charge in [0.1, 0.15) is 0 Å². The highest BCUT2D eigenvalue weighted by molar-refractivity contribution is 6.32. The van der Waals surface area contributed by atoms with Gasteiger partial charge in [-0.05, 0) is 55.2 Å². The molecule has 1 unspecified atom stereocenters. The fourth-order valence-corrected chi connectivity index (χ4v) is 3.81. The number of benzene rings is 2. The van der Waals surface area contributed by atoms with Crippen molar-refractivity contribution in [2.75, 3.05) is 25.7 Å². The highest BCUT2D eigenvalue weighted by Gasteiger charge is 2.28. The minimum absolute atomic E-state index is 0.0514. The number of esters is 1. The van der Waals surface area contributed by atoms with Crippen molar-refractivity contribution in [2.45, 2.75) is 25.8 Å². The predicted molar refractivity (Wildman–Crippen MR) is 116 cm³/mol. The van der Waals surface area contributed by atoms with Gasteiger partial charge in [-0.1, -0.05) is 29.8 Å². The molecule has 0 spiro atoms. The molecule has 2 aromatic rings. The number of para-hydroxylation sites is 1. The number of hydrogen-bond acceptors (Lipinski definition) is 5. The Morgan fingerprint density at radius 2 is 1.97 bits per heavy atom. The lowest BCUT2D eigenvalue weighted by molar-refractivity contribution is -0.143. The summed E-state index contributed by atoms with van der Waals surface area (Å²) in [6.45, 7) is 1.67. The number of fused-ring (bicyclic) bond motifs is 1. The minimum Gasteiger partial charge on any atom is -0.493 e. The van der Waals surface area contributed by atoms with Gasteiger partial charge in [-0.15, -0.1) is 0 Å². The smallest absolute Gasteiger partial charge is 0.331 e. The molecule has 0 saturated heterocycles. The molecule has 6 nitrogen and oxygen atoms in total. The first kappa shape index (κ1) is 21.7. The van der Waals surface area contributed by atoms with Crippen LogP contribution in [0.5, 0.6) is 11.5 Å². The lowest BCUT2D eigenvalue weighted by Gasteiger charge is -2.35. The van der Waals surface area contributed by atoms with Crippen LogP contribution in [-0.2, 0) is 20.7 Å². The third kappa shape index (κ3) is 4.76. The van der Waals surface area contributed by atoms with Crippen LogP contribution in [0.25, 0.3) is 6.08 Å². The summed E-state index contributed by atoms with van der Waals surface area (Å²) in [5.41, 5.74) is 2.65. The number of ether oxygens (including phenoxy) is 3. The summed E-state index contributed by atoms with van der Waals surface area (Å²) in [5.74, 6) is 0.00383. The van der Waals surface area contributed by atoms with Crippen LogP contribution in [0.3, 0.4) is 0 Å². The van der Waals surface area contributed by atoms with Crippen LogP contribution in [0, 0.1) is 0 Å². The fourth-order valence-electron chi connectivity index (χ4n) is 3.52. The van der Waals surface area contributed by atoms with Gasteiger partial charge in [0.05, 0.1) is 19.2 Å². The van der Waals surface area contributed by atoms with Crippen LogP contribution in [0.15, 0.2) is 42.5 Å². The minimum atomic E-state index is -0.618. The summed E-state index contributed by atoms with van der Waals surface area (Å²) >= 11 is 6.17. The van der Waals surface area contributed by atoms with Crippen molar-refractivity contribution < 1.29 is 23.8 Å². The molecule has 0 bridgehead atoms. The summed E-state index contributed by atoms with van der Waals surface area (Å²) in [4.78, 5) is 26.6. The SMILES string of the molecule is COc1cc(/C=C/C(=O)OCC(=O)N2c3ccccc3CCC2C)cc(Cl)c1OC. The Hall–Kier alpha value is -2.99. The van der Waals surface area contributed by atoms with E-state index < -0.39 is 5.97 Å². The second kappa shape index (κ2) is 9.67. The number of carbonyl (C=O) groups excluding carboxylic acids is 2. The van der Waals surface area contributed by atoms with E-state index >= 15 is 0 Å². The van der Waals surface area contributed by atoms with Crippen LogP contribution in [-0.4, -0.2) is 38.7 Å². The number of carbonyl (C=O) groups is 2. The van der Waals surface area contributed by atoms with E-state index in [0.717, 1.165) is 24.1 Å². The Labute approximate surface area is 181 Å². The van der Waals surface area contributed by atoms with Gasteiger partial charge in [0.15, 0.2) is 18.1 Å². The first-order valence-electron chi connectivity index (χ1n) is 9.61. The number of amides is 1. The lowest BCUT2D eigenvalue weighted by atomic mass is 9.96. The van der Waals surface area contributed by atoms with Gasteiger partial charge in [0.2, 0.25) is 0 Å². The van der Waals surface area contributed by atoms with Crippen LogP contribution >= 0.6 is 11.6 Å². The van der Waals surface area contributed by atoms with Crippen LogP contribution in [0.4, 0.5) is 5.69 Å². The Kier molecular flexibility index (Phi) is 7.00. The van der Waals surface area contributed by atoms with Crippen LogP contribution in [0.1, 0.15) is 24.5 Å². The number of hydrogen-bond donors (Lipinski definition) is 0. The molecule has 158 valence electrons. The van der Waals surface area contributed by atoms with Gasteiger partial charge in [0, 0.05) is 17.8 Å². The molecule has 0 N–H and O–H groups in total. The second-order valence-corrected chi connectivity index (χ2v) is 7.37. The molecule has 0 aromatic heterocycles. The molecule has 0 radical (unpaired) electrons. The van der Waals surface area contributed by atoms with E-state index in [1.54, 1.807) is 23.1 Å². The number of anilines is 1. The summed E-state index contributed by atoms with van der Waals surface area (Å²) in [6, 6.07) is 11.2. The normalized spacial score (nSPS) is 15.6. The number of aryl methyl sites for hydroxylation is 1. The summed E-state index contributed by atoms with van der Waals surface area (Å²) in [6.07, 6.45) is 4.59. The Bertz CT molecular complexity index is 972. The average molecular weight is 430 g/mol. The van der Waals surface area contributed by atoms with Crippen molar-refractivity contribution in [3.63, 3.8) is 0 Å². The quantitative estimate of drug-likeness (QED) is 0.506. The monoisotopic (exact) mass is 429 g/mol. The molecule has 1 heterocycles. The van der Waals surface area contributed by atoms with E-state index in [0.29, 0.717) is 22.1 Å². The molecule has 0 fully saturated rings. The highest BCUT2D eigenvalue weighted by Crippen LogP contribution is 2.36. The van der Waals surface area contributed by atoms with Crippen molar-refractivity contribution in [1.82, 2.24) is 0 Å². The van der Waals surface area contributed by atoms with Crippen molar-refractivity contribution in [3.05, 3.63) is 58.6 Å². The lowest BCUT2D eigenvalue weighted by Crippen LogP contribution is -2.44. The highest BCUT2D eigenvalue weighted by atomic mass is 35.5. The zero-order valence-corrected chi connectivity index (χ0v) is 17.9. The fraction of sp³-hybridized carbons (Fsp3) is 0.304. The molecular weight excluding hydrogens is 406 g/mol. The van der Waals surface area contributed by atoms with E-state index in [1.807, 2.05) is 31.2 Å². The van der Waals surface area contributed by atoms with Crippen LogP contribution < -0.4 is 14.4 Å². The van der Waals surface area contributed by atoms with Gasteiger partial charge in [-0.3, -0.25) is 4.79 Å². The van der Waals surface area contributed by atoms with E-state index in [1.165, 1.54) is 20.3 Å². The standard InChI is InChI=1S/C23H24ClNO5/c1-15-8-10-17-6-4-5-7-19(17)25(15)21(26)14-30-22(27)11-9-16-12-18(24)23(29-3)20(13-16)28-2/h4-7,9,11-13,15H,8,10,14H2,1-3H3/b11-9+. The predicted octanol–water partition coefficient (Wildman–Crippen LogP) is 4.28. The van der Waals surface area contributed by atoms with Crippen molar-refractivity contribution in [1.29, 1.82) is 0 Å². The third-order valence-electron chi connectivity index (χ3n) is 5.00. The van der Waals surface area contributed by atoms with Gasteiger partial charge in [-0.25, -0.2) is 4.79 Å². The van der Waals surface area contributed by atoms with Crippen molar-refractivity contribution in [3.8, 4) is 11.5 Å². The number of nitrogens with zero attached hydrogens (tertiary/aromatic N) is 1. The summed E-state index contributed by atoms with van der Waals surface area (Å²) in [7, 11) is 3.00. The first-order chi connectivity index (χ1) is 14.4. The van der Waals surface area contributed by atoms with Gasteiger partial charge >= 0.3 is 5.97 Å². The average Bonchev–Trinajstić information content (AvgIpc) is 2.75. The van der Waals surface area contributed by atoms with Gasteiger partial charge < -0.3 is 19.1 Å². The molecule has 0 saturated carbocycles. The zero-order valence-electron chi connectivity index (χ0n) is 17.2. The summed E-state index contributed by atoms with van der Waals surface area (Å²) < 4.78 is 15.6. The first-order valence-corrected chi connectivity index (χ1v) is 9.98. The largest absolute Gasteiger partial charge is 0.493 e. The molecule has 2 aromatic carbocycles. The van der Waals surface area contributed by atoms with E-state index in [9.17, 15) is 9.59 Å². The maximum atomic E-state index is 12.7. The maximum Gasteiger partial charge on any atom is 0.331 e. The van der Waals surface area contributed by atoms with E-state index in [4.69, 9.17) is 25.8 Å². The van der Waals surface area contributed by atoms with E-state index in [2.05, 4.69) is 0 Å². The van der Waals surface area contributed by atoms with Gasteiger partial charge in [0.25, 0.3) is 5.91 Å². The topological polar surface area (TPSA) is 65.1 Å². The molecule has 0 aliphatic carbocycles. The molecule has 1 aliphatic heterocycles. The Morgan fingerprint density at radius 1 is 1.20 bits per heavy atom.